The summed E-state index contributed by atoms with van der Waals surface area (Å²) in [4.78, 5) is 25.0. The molecule has 1 amide bonds. The number of nitrogens with zero attached hydrogens (tertiary/aromatic N) is 2. The van der Waals surface area contributed by atoms with E-state index in [4.69, 9.17) is 11.6 Å². The summed E-state index contributed by atoms with van der Waals surface area (Å²) >= 11 is 5.89. The van der Waals surface area contributed by atoms with Crippen LogP contribution in [0.1, 0.15) is 22.3 Å². The van der Waals surface area contributed by atoms with Gasteiger partial charge >= 0.3 is 0 Å². The van der Waals surface area contributed by atoms with Crippen LogP contribution in [-0.2, 0) is 16.4 Å². The molecule has 0 aromatic heterocycles. The van der Waals surface area contributed by atoms with Gasteiger partial charge in [-0.1, -0.05) is 29.8 Å². The second-order valence-corrected chi connectivity index (χ2v) is 9.09. The summed E-state index contributed by atoms with van der Waals surface area (Å²) in [5.74, 6) is -0.520. The normalized spacial score (nSPS) is 18.2. The van der Waals surface area contributed by atoms with Crippen molar-refractivity contribution in [1.82, 2.24) is 4.90 Å². The second-order valence-electron chi connectivity index (χ2n) is 6.42. The molecule has 0 radical (unpaired) electrons. The van der Waals surface area contributed by atoms with Crippen LogP contribution in [0.3, 0.4) is 0 Å². The fraction of sp³-hybridized carbons (Fsp3) is 0.278. The molecule has 0 bridgehead atoms. The standard InChI is InChI=1S/C18H17ClN2O5S/c19-15-6-4-13(5-7-15)11-20(17-8-9-27(25,26)12-17)18(22)14-2-1-3-16(10-14)21(23)24/h1-7,10,17H,8-9,11-12H2. The van der Waals surface area contributed by atoms with E-state index in [1.54, 1.807) is 24.3 Å². The fourth-order valence-electron chi connectivity index (χ4n) is 3.09. The summed E-state index contributed by atoms with van der Waals surface area (Å²) in [7, 11) is -3.20. The second kappa shape index (κ2) is 7.66. The summed E-state index contributed by atoms with van der Waals surface area (Å²) < 4.78 is 23.8. The van der Waals surface area contributed by atoms with Crippen LogP contribution in [0, 0.1) is 10.1 Å². The van der Waals surface area contributed by atoms with Crippen molar-refractivity contribution in [1.29, 1.82) is 0 Å². The molecule has 1 aliphatic heterocycles. The Morgan fingerprint density at radius 2 is 1.93 bits per heavy atom. The summed E-state index contributed by atoms with van der Waals surface area (Å²) in [5.41, 5.74) is 0.760. The first-order valence-corrected chi connectivity index (χ1v) is 10.5. The number of hydrogen-bond acceptors (Lipinski definition) is 5. The molecule has 1 heterocycles. The van der Waals surface area contributed by atoms with Gasteiger partial charge in [0, 0.05) is 35.3 Å². The maximum atomic E-state index is 13.1. The van der Waals surface area contributed by atoms with Gasteiger partial charge in [0.1, 0.15) is 0 Å². The average molecular weight is 409 g/mol. The highest BCUT2D eigenvalue weighted by Gasteiger charge is 2.35. The molecule has 3 rings (SSSR count). The molecule has 142 valence electrons. The molecule has 1 aliphatic rings. The van der Waals surface area contributed by atoms with E-state index >= 15 is 0 Å². The molecule has 1 unspecified atom stereocenters. The molecular weight excluding hydrogens is 392 g/mol. The van der Waals surface area contributed by atoms with E-state index in [0.717, 1.165) is 5.56 Å². The van der Waals surface area contributed by atoms with Gasteiger partial charge in [0.05, 0.1) is 16.4 Å². The first-order valence-electron chi connectivity index (χ1n) is 8.25. The third-order valence-corrected chi connectivity index (χ3v) is 6.48. The molecule has 0 aliphatic carbocycles. The first kappa shape index (κ1) is 19.3. The van der Waals surface area contributed by atoms with Gasteiger partial charge in [-0.2, -0.15) is 0 Å². The number of benzene rings is 2. The monoisotopic (exact) mass is 408 g/mol. The lowest BCUT2D eigenvalue weighted by atomic mass is 10.1. The summed E-state index contributed by atoms with van der Waals surface area (Å²) in [6, 6.07) is 11.9. The molecule has 1 atom stereocenters. The highest BCUT2D eigenvalue weighted by atomic mass is 35.5. The largest absolute Gasteiger partial charge is 0.330 e. The van der Waals surface area contributed by atoms with Crippen LogP contribution in [-0.4, -0.2) is 41.7 Å². The van der Waals surface area contributed by atoms with Gasteiger partial charge in [0.15, 0.2) is 9.84 Å². The molecule has 0 saturated carbocycles. The minimum absolute atomic E-state index is 0.0248. The van der Waals surface area contributed by atoms with E-state index in [1.807, 2.05) is 0 Å². The quantitative estimate of drug-likeness (QED) is 0.559. The highest BCUT2D eigenvalue weighted by molar-refractivity contribution is 7.91. The topological polar surface area (TPSA) is 97.6 Å². The lowest BCUT2D eigenvalue weighted by Gasteiger charge is -2.28. The Labute approximate surface area is 161 Å². The maximum Gasteiger partial charge on any atom is 0.270 e. The van der Waals surface area contributed by atoms with Gasteiger partial charge in [-0.05, 0) is 30.2 Å². The van der Waals surface area contributed by atoms with Gasteiger partial charge < -0.3 is 4.90 Å². The van der Waals surface area contributed by atoms with Crippen LogP contribution in [0.15, 0.2) is 48.5 Å². The average Bonchev–Trinajstić information content (AvgIpc) is 3.00. The molecule has 27 heavy (non-hydrogen) atoms. The van der Waals surface area contributed by atoms with E-state index < -0.39 is 26.7 Å². The van der Waals surface area contributed by atoms with Crippen molar-refractivity contribution in [2.75, 3.05) is 11.5 Å². The number of amides is 1. The summed E-state index contributed by atoms with van der Waals surface area (Å²) in [6.45, 7) is 0.193. The molecule has 0 spiro atoms. The van der Waals surface area contributed by atoms with Crippen LogP contribution in [0.4, 0.5) is 5.69 Å². The highest BCUT2D eigenvalue weighted by Crippen LogP contribution is 2.24. The predicted octanol–water partition coefficient (Wildman–Crippen LogP) is 3.08. The van der Waals surface area contributed by atoms with Gasteiger partial charge in [-0.25, -0.2) is 8.42 Å². The number of carbonyl (C=O) groups is 1. The summed E-state index contributed by atoms with van der Waals surface area (Å²) in [5, 5.41) is 11.6. The Morgan fingerprint density at radius 1 is 1.22 bits per heavy atom. The molecule has 1 saturated heterocycles. The van der Waals surface area contributed by atoms with Gasteiger partial charge in [0.25, 0.3) is 11.6 Å². The number of nitro benzene ring substituents is 1. The molecule has 2 aromatic carbocycles. The number of sulfone groups is 1. The van der Waals surface area contributed by atoms with Crippen molar-refractivity contribution in [2.45, 2.75) is 19.0 Å². The SMILES string of the molecule is O=C(c1cccc([N+](=O)[O-])c1)N(Cc1ccc(Cl)cc1)C1CCS(=O)(=O)C1. The number of carbonyl (C=O) groups excluding carboxylic acids is 1. The van der Waals surface area contributed by atoms with Gasteiger partial charge in [-0.3, -0.25) is 14.9 Å². The Hall–Kier alpha value is -2.45. The van der Waals surface area contributed by atoms with E-state index in [-0.39, 0.29) is 29.3 Å². The zero-order valence-electron chi connectivity index (χ0n) is 14.2. The third kappa shape index (κ3) is 4.64. The lowest BCUT2D eigenvalue weighted by Crippen LogP contribution is -2.40. The minimum Gasteiger partial charge on any atom is -0.330 e. The van der Waals surface area contributed by atoms with E-state index in [0.29, 0.717) is 11.4 Å². The fourth-order valence-corrected chi connectivity index (χ4v) is 4.95. The molecule has 7 nitrogen and oxygen atoms in total. The minimum atomic E-state index is -3.20. The lowest BCUT2D eigenvalue weighted by molar-refractivity contribution is -0.384. The number of halogens is 1. The Balaban J connectivity index is 1.93. The van der Waals surface area contributed by atoms with E-state index in [9.17, 15) is 23.3 Å². The van der Waals surface area contributed by atoms with Gasteiger partial charge in [-0.15, -0.1) is 0 Å². The first-order chi connectivity index (χ1) is 12.7. The molecule has 9 heteroatoms. The summed E-state index contributed by atoms with van der Waals surface area (Å²) in [6.07, 6.45) is 0.344. The van der Waals surface area contributed by atoms with Crippen LogP contribution in [0.5, 0.6) is 0 Å². The molecule has 0 N–H and O–H groups in total. The van der Waals surface area contributed by atoms with Crippen LogP contribution in [0.25, 0.3) is 0 Å². The molecular formula is C18H17ClN2O5S. The Bertz CT molecular complexity index is 976. The van der Waals surface area contributed by atoms with Crippen LogP contribution < -0.4 is 0 Å². The smallest absolute Gasteiger partial charge is 0.270 e. The zero-order valence-corrected chi connectivity index (χ0v) is 15.8. The Kier molecular flexibility index (Phi) is 5.48. The van der Waals surface area contributed by atoms with E-state index in [1.165, 1.54) is 29.2 Å². The van der Waals surface area contributed by atoms with Crippen molar-refractivity contribution < 1.29 is 18.1 Å². The predicted molar refractivity (Wildman–Crippen MR) is 101 cm³/mol. The molecule has 1 fully saturated rings. The number of rotatable bonds is 5. The van der Waals surface area contributed by atoms with Crippen LogP contribution in [0.2, 0.25) is 5.02 Å². The Morgan fingerprint density at radius 3 is 2.52 bits per heavy atom. The number of hydrogen-bond donors (Lipinski definition) is 0. The van der Waals surface area contributed by atoms with Crippen molar-refractivity contribution in [3.8, 4) is 0 Å². The van der Waals surface area contributed by atoms with Crippen LogP contribution >= 0.6 is 11.6 Å². The molecule has 2 aromatic rings. The van der Waals surface area contributed by atoms with Crippen molar-refractivity contribution >= 4 is 33.0 Å². The number of non-ortho nitro benzene ring substituents is 1. The number of nitro groups is 1. The van der Waals surface area contributed by atoms with Crippen molar-refractivity contribution in [2.24, 2.45) is 0 Å². The zero-order chi connectivity index (χ0) is 19.6. The van der Waals surface area contributed by atoms with E-state index in [2.05, 4.69) is 0 Å². The van der Waals surface area contributed by atoms with Gasteiger partial charge in [0.2, 0.25) is 0 Å². The van der Waals surface area contributed by atoms with Crippen molar-refractivity contribution in [3.63, 3.8) is 0 Å². The maximum absolute atomic E-state index is 13.1. The third-order valence-electron chi connectivity index (χ3n) is 4.48. The van der Waals surface area contributed by atoms with Crippen molar-refractivity contribution in [3.05, 3.63) is 74.8 Å².